The number of rotatable bonds is 5. The fourth-order valence-corrected chi connectivity index (χ4v) is 1.63. The Morgan fingerprint density at radius 3 is 2.94 bits per heavy atom. The second kappa shape index (κ2) is 4.97. The third kappa shape index (κ3) is 2.82. The number of fused-ring (bicyclic) bond motifs is 1. The highest BCUT2D eigenvalue weighted by Gasteiger charge is 2.14. The number of oxazole rings is 1. The van der Waals surface area contributed by atoms with Crippen molar-refractivity contribution < 1.29 is 14.3 Å². The molecule has 2 aromatic rings. The summed E-state index contributed by atoms with van der Waals surface area (Å²) in [6, 6.07) is 7.31. The van der Waals surface area contributed by atoms with Gasteiger partial charge in [0, 0.05) is 6.42 Å². The van der Waals surface area contributed by atoms with Crippen molar-refractivity contribution in [3.8, 4) is 0 Å². The van der Waals surface area contributed by atoms with E-state index in [9.17, 15) is 9.90 Å². The molecule has 0 saturated carbocycles. The van der Waals surface area contributed by atoms with Crippen LogP contribution in [0.5, 0.6) is 0 Å². The van der Waals surface area contributed by atoms with Crippen LogP contribution >= 0.6 is 0 Å². The highest BCUT2D eigenvalue weighted by molar-refractivity contribution is 5.73. The summed E-state index contributed by atoms with van der Waals surface area (Å²) in [4.78, 5) is 14.7. The second-order valence-corrected chi connectivity index (χ2v) is 3.89. The van der Waals surface area contributed by atoms with Gasteiger partial charge in [0.05, 0.1) is 0 Å². The number of benzene rings is 1. The van der Waals surface area contributed by atoms with Gasteiger partial charge >= 0.3 is 0 Å². The second-order valence-electron chi connectivity index (χ2n) is 3.89. The Hall–Kier alpha value is -1.88. The van der Waals surface area contributed by atoms with Gasteiger partial charge in [0.15, 0.2) is 5.58 Å². The molecule has 0 radical (unpaired) electrons. The molecule has 2 rings (SSSR count). The number of aliphatic hydroxyl groups is 1. The number of aliphatic hydroxyl groups excluding tert-OH is 1. The van der Waals surface area contributed by atoms with E-state index in [4.69, 9.17) is 10.2 Å². The van der Waals surface area contributed by atoms with Crippen molar-refractivity contribution in [3.05, 3.63) is 30.2 Å². The van der Waals surface area contributed by atoms with E-state index in [0.29, 0.717) is 18.4 Å². The number of nitrogens with zero attached hydrogens (tertiary/aromatic N) is 1. The number of hydrogen-bond donors (Lipinski definition) is 2. The van der Waals surface area contributed by atoms with Gasteiger partial charge in [-0.25, -0.2) is 4.98 Å². The first-order chi connectivity index (χ1) is 8.16. The first-order valence-corrected chi connectivity index (χ1v) is 5.48. The lowest BCUT2D eigenvalue weighted by Gasteiger charge is -2.04. The maximum Gasteiger partial charge on any atom is 0.224 e. The SMILES string of the molecule is NC(=O)CCC[C@H](O)c1nc2ccccc2o1. The van der Waals surface area contributed by atoms with Crippen LogP contribution in [0.2, 0.25) is 0 Å². The molecule has 17 heavy (non-hydrogen) atoms. The van der Waals surface area contributed by atoms with Crippen LogP contribution in [-0.2, 0) is 4.79 Å². The van der Waals surface area contributed by atoms with Crippen LogP contribution in [0.15, 0.2) is 28.7 Å². The number of primary amides is 1. The molecule has 3 N–H and O–H groups in total. The van der Waals surface area contributed by atoms with Gasteiger partial charge in [-0.15, -0.1) is 0 Å². The van der Waals surface area contributed by atoms with Crippen LogP contribution in [0, 0.1) is 0 Å². The standard InChI is InChI=1S/C12H14N2O3/c13-11(16)7-3-5-9(15)12-14-8-4-1-2-6-10(8)17-12/h1-2,4,6,9,15H,3,5,7H2,(H2,13,16)/t9-/m0/s1. The monoisotopic (exact) mass is 234 g/mol. The minimum atomic E-state index is -0.790. The largest absolute Gasteiger partial charge is 0.438 e. The van der Waals surface area contributed by atoms with Crippen molar-refractivity contribution in [2.24, 2.45) is 5.73 Å². The molecule has 5 heteroatoms. The van der Waals surface area contributed by atoms with Crippen molar-refractivity contribution in [3.63, 3.8) is 0 Å². The van der Waals surface area contributed by atoms with Crippen LogP contribution in [0.1, 0.15) is 31.3 Å². The van der Waals surface area contributed by atoms with Crippen LogP contribution in [0.4, 0.5) is 0 Å². The molecule has 1 aromatic carbocycles. The molecule has 0 bridgehead atoms. The molecule has 1 atom stereocenters. The number of nitrogens with two attached hydrogens (primary N) is 1. The van der Waals surface area contributed by atoms with Crippen molar-refractivity contribution >= 4 is 17.0 Å². The smallest absolute Gasteiger partial charge is 0.224 e. The van der Waals surface area contributed by atoms with Crippen molar-refractivity contribution in [1.82, 2.24) is 4.98 Å². The van der Waals surface area contributed by atoms with Crippen LogP contribution in [0.25, 0.3) is 11.1 Å². The average molecular weight is 234 g/mol. The predicted molar refractivity (Wildman–Crippen MR) is 62.0 cm³/mol. The molecule has 1 amide bonds. The fourth-order valence-electron chi connectivity index (χ4n) is 1.63. The van der Waals surface area contributed by atoms with Gasteiger partial charge in [0.25, 0.3) is 0 Å². The average Bonchev–Trinajstić information content (AvgIpc) is 2.71. The summed E-state index contributed by atoms with van der Waals surface area (Å²) < 4.78 is 5.41. The Kier molecular flexibility index (Phi) is 3.39. The van der Waals surface area contributed by atoms with Gasteiger partial charge in [-0.05, 0) is 25.0 Å². The number of carbonyl (C=O) groups excluding carboxylic acids is 1. The number of para-hydroxylation sites is 2. The van der Waals surface area contributed by atoms with Crippen molar-refractivity contribution in [1.29, 1.82) is 0 Å². The molecule has 0 aliphatic carbocycles. The summed E-state index contributed by atoms with van der Waals surface area (Å²) in [5, 5.41) is 9.83. The fraction of sp³-hybridized carbons (Fsp3) is 0.333. The zero-order chi connectivity index (χ0) is 12.3. The molecule has 0 fully saturated rings. The minimum absolute atomic E-state index is 0.261. The quantitative estimate of drug-likeness (QED) is 0.820. The molecule has 0 unspecified atom stereocenters. The highest BCUT2D eigenvalue weighted by Crippen LogP contribution is 2.23. The van der Waals surface area contributed by atoms with Gasteiger partial charge < -0.3 is 15.3 Å². The third-order valence-electron chi connectivity index (χ3n) is 2.50. The Labute approximate surface area is 98.2 Å². The highest BCUT2D eigenvalue weighted by atomic mass is 16.4. The molecule has 0 spiro atoms. The van der Waals surface area contributed by atoms with Gasteiger partial charge in [-0.2, -0.15) is 0 Å². The zero-order valence-electron chi connectivity index (χ0n) is 9.30. The summed E-state index contributed by atoms with van der Waals surface area (Å²) in [6.45, 7) is 0. The molecule has 0 aliphatic heterocycles. The van der Waals surface area contributed by atoms with Gasteiger partial charge in [0.2, 0.25) is 11.8 Å². The van der Waals surface area contributed by atoms with Crippen molar-refractivity contribution in [2.45, 2.75) is 25.4 Å². The Balaban J connectivity index is 2.03. The summed E-state index contributed by atoms with van der Waals surface area (Å²) in [6.07, 6.45) is 0.407. The van der Waals surface area contributed by atoms with Gasteiger partial charge in [0.1, 0.15) is 11.6 Å². The lowest BCUT2D eigenvalue weighted by molar-refractivity contribution is -0.118. The Bertz CT molecular complexity index is 488. The van der Waals surface area contributed by atoms with Crippen LogP contribution < -0.4 is 5.73 Å². The molecular weight excluding hydrogens is 220 g/mol. The number of amides is 1. The first kappa shape index (κ1) is 11.6. The molecule has 1 aromatic heterocycles. The van der Waals surface area contributed by atoms with Gasteiger partial charge in [-0.1, -0.05) is 12.1 Å². The summed E-state index contributed by atoms with van der Waals surface area (Å²) >= 11 is 0. The normalized spacial score (nSPS) is 12.8. The zero-order valence-corrected chi connectivity index (χ0v) is 9.30. The summed E-state index contributed by atoms with van der Waals surface area (Å²) in [5.41, 5.74) is 6.39. The summed E-state index contributed by atoms with van der Waals surface area (Å²) in [5.74, 6) is -0.0783. The maximum absolute atomic E-state index is 10.6. The lowest BCUT2D eigenvalue weighted by atomic mass is 10.1. The van der Waals surface area contributed by atoms with Crippen LogP contribution in [0.3, 0.4) is 0 Å². The van der Waals surface area contributed by atoms with E-state index in [2.05, 4.69) is 4.98 Å². The first-order valence-electron chi connectivity index (χ1n) is 5.48. The third-order valence-corrected chi connectivity index (χ3v) is 2.50. The summed E-state index contributed by atoms with van der Waals surface area (Å²) in [7, 11) is 0. The van der Waals surface area contributed by atoms with E-state index in [1.54, 1.807) is 6.07 Å². The van der Waals surface area contributed by atoms with Gasteiger partial charge in [-0.3, -0.25) is 4.79 Å². The van der Waals surface area contributed by atoms with E-state index < -0.39 is 6.10 Å². The lowest BCUT2D eigenvalue weighted by Crippen LogP contribution is -2.10. The molecule has 90 valence electrons. The Morgan fingerprint density at radius 2 is 2.24 bits per heavy atom. The number of hydrogen-bond acceptors (Lipinski definition) is 4. The number of aromatic nitrogens is 1. The molecule has 5 nitrogen and oxygen atoms in total. The molecular formula is C12H14N2O3. The molecule has 0 aliphatic rings. The predicted octanol–water partition coefficient (Wildman–Crippen LogP) is 1.52. The van der Waals surface area contributed by atoms with E-state index in [0.717, 1.165) is 5.52 Å². The Morgan fingerprint density at radius 1 is 1.47 bits per heavy atom. The topological polar surface area (TPSA) is 89.4 Å². The van der Waals surface area contributed by atoms with Crippen molar-refractivity contribution in [2.75, 3.05) is 0 Å². The molecule has 1 heterocycles. The molecule has 0 saturated heterocycles. The van der Waals surface area contributed by atoms with Crippen LogP contribution in [-0.4, -0.2) is 16.0 Å². The van der Waals surface area contributed by atoms with E-state index in [1.165, 1.54) is 0 Å². The van der Waals surface area contributed by atoms with E-state index in [1.807, 2.05) is 18.2 Å². The number of carbonyl (C=O) groups is 1. The van der Waals surface area contributed by atoms with E-state index in [-0.39, 0.29) is 18.2 Å². The maximum atomic E-state index is 10.6. The van der Waals surface area contributed by atoms with E-state index >= 15 is 0 Å². The minimum Gasteiger partial charge on any atom is -0.438 e.